The summed E-state index contributed by atoms with van der Waals surface area (Å²) in [5, 5.41) is 1.12. The number of amides is 1. The Bertz CT molecular complexity index is 664. The topological polar surface area (TPSA) is 36.4 Å². The molecule has 1 aromatic heterocycles. The van der Waals surface area contributed by atoms with Crippen LogP contribution in [0.4, 0.5) is 0 Å². The molecule has 1 aliphatic heterocycles. The third-order valence-electron chi connectivity index (χ3n) is 4.49. The highest BCUT2D eigenvalue weighted by Gasteiger charge is 2.26. The van der Waals surface area contributed by atoms with Gasteiger partial charge in [-0.3, -0.25) is 14.7 Å². The van der Waals surface area contributed by atoms with Crippen LogP contribution in [0.3, 0.4) is 0 Å². The molecule has 3 rings (SSSR count). The molecule has 1 fully saturated rings. The number of hydrogen-bond acceptors (Lipinski definition) is 3. The van der Waals surface area contributed by atoms with Gasteiger partial charge >= 0.3 is 0 Å². The molecule has 0 radical (unpaired) electrons. The minimum Gasteiger partial charge on any atom is -0.340 e. The molecule has 2 heterocycles. The second kappa shape index (κ2) is 6.44. The average molecular weight is 297 g/mol. The number of likely N-dealkylation sites (tertiary alicyclic amines) is 1. The molecule has 22 heavy (non-hydrogen) atoms. The Morgan fingerprint density at radius 3 is 2.82 bits per heavy atom. The van der Waals surface area contributed by atoms with Gasteiger partial charge in [0, 0.05) is 25.2 Å². The molecule has 0 aliphatic carbocycles. The largest absolute Gasteiger partial charge is 0.340 e. The van der Waals surface area contributed by atoms with Gasteiger partial charge in [-0.2, -0.15) is 0 Å². The number of hydrogen-bond donors (Lipinski definition) is 0. The van der Waals surface area contributed by atoms with Crippen LogP contribution in [0.1, 0.15) is 25.3 Å². The molecule has 0 spiro atoms. The summed E-state index contributed by atoms with van der Waals surface area (Å²) in [6.45, 7) is 4.70. The zero-order valence-corrected chi connectivity index (χ0v) is 13.3. The molecule has 1 amide bonds. The van der Waals surface area contributed by atoms with Gasteiger partial charge in [0.15, 0.2) is 0 Å². The molecule has 4 heteroatoms. The quantitative estimate of drug-likeness (QED) is 0.870. The molecular formula is C18H23N3O. The van der Waals surface area contributed by atoms with Crippen LogP contribution in [-0.2, 0) is 11.3 Å². The summed E-state index contributed by atoms with van der Waals surface area (Å²) in [6.07, 6.45) is 4.28. The van der Waals surface area contributed by atoms with Crippen LogP contribution < -0.4 is 0 Å². The zero-order chi connectivity index (χ0) is 15.5. The van der Waals surface area contributed by atoms with Crippen LogP contribution in [0.2, 0.25) is 0 Å². The van der Waals surface area contributed by atoms with E-state index in [1.807, 2.05) is 43.3 Å². The van der Waals surface area contributed by atoms with Crippen molar-refractivity contribution in [3.8, 4) is 0 Å². The van der Waals surface area contributed by atoms with Crippen LogP contribution >= 0.6 is 0 Å². The van der Waals surface area contributed by atoms with Gasteiger partial charge in [0.25, 0.3) is 0 Å². The summed E-state index contributed by atoms with van der Waals surface area (Å²) in [5.41, 5.74) is 2.06. The summed E-state index contributed by atoms with van der Waals surface area (Å²) < 4.78 is 0. The first-order valence-electron chi connectivity index (χ1n) is 7.98. The lowest BCUT2D eigenvalue weighted by Crippen LogP contribution is -2.44. The van der Waals surface area contributed by atoms with Crippen molar-refractivity contribution in [2.45, 2.75) is 32.4 Å². The summed E-state index contributed by atoms with van der Waals surface area (Å²) >= 11 is 0. The minimum atomic E-state index is -0.0269. The molecule has 116 valence electrons. The Morgan fingerprint density at radius 1 is 1.32 bits per heavy atom. The van der Waals surface area contributed by atoms with Crippen LogP contribution in [0.5, 0.6) is 0 Å². The lowest BCUT2D eigenvalue weighted by Gasteiger charge is -2.27. The lowest BCUT2D eigenvalue weighted by molar-refractivity contribution is -0.135. The van der Waals surface area contributed by atoms with Gasteiger partial charge in [0.05, 0.1) is 11.6 Å². The van der Waals surface area contributed by atoms with E-state index >= 15 is 0 Å². The van der Waals surface area contributed by atoms with E-state index in [2.05, 4.69) is 22.0 Å². The molecule has 0 saturated carbocycles. The fourth-order valence-electron chi connectivity index (χ4n) is 3.16. The van der Waals surface area contributed by atoms with E-state index in [9.17, 15) is 4.79 Å². The van der Waals surface area contributed by atoms with E-state index in [-0.39, 0.29) is 11.9 Å². The van der Waals surface area contributed by atoms with Crippen LogP contribution in [0, 0.1) is 0 Å². The van der Waals surface area contributed by atoms with Crippen molar-refractivity contribution in [1.82, 2.24) is 14.8 Å². The Hall–Kier alpha value is -1.94. The maximum absolute atomic E-state index is 12.6. The predicted octanol–water partition coefficient (Wildman–Crippen LogP) is 2.68. The van der Waals surface area contributed by atoms with Crippen molar-refractivity contribution in [2.75, 3.05) is 20.1 Å². The first-order chi connectivity index (χ1) is 10.6. The SMILES string of the molecule is C[C@@H](C(=O)N(C)Cc1cnc2ccccc2c1)N1CCCC1. The first-order valence-corrected chi connectivity index (χ1v) is 7.98. The van der Waals surface area contributed by atoms with Crippen molar-refractivity contribution in [3.63, 3.8) is 0 Å². The van der Waals surface area contributed by atoms with Crippen molar-refractivity contribution < 1.29 is 4.79 Å². The van der Waals surface area contributed by atoms with Crippen LogP contribution in [-0.4, -0.2) is 46.9 Å². The van der Waals surface area contributed by atoms with Gasteiger partial charge in [0.2, 0.25) is 5.91 Å². The number of aromatic nitrogens is 1. The van der Waals surface area contributed by atoms with E-state index < -0.39 is 0 Å². The predicted molar refractivity (Wildman–Crippen MR) is 88.5 cm³/mol. The van der Waals surface area contributed by atoms with Crippen LogP contribution in [0.25, 0.3) is 10.9 Å². The van der Waals surface area contributed by atoms with Gasteiger partial charge < -0.3 is 4.90 Å². The Labute approximate surface area is 131 Å². The molecule has 0 bridgehead atoms. The highest BCUT2D eigenvalue weighted by molar-refractivity contribution is 5.82. The van der Waals surface area contributed by atoms with Gasteiger partial charge in [-0.05, 0) is 50.6 Å². The molecule has 1 aliphatic rings. The first kappa shape index (κ1) is 15.0. The number of carbonyl (C=O) groups is 1. The molecule has 1 atom stereocenters. The van der Waals surface area contributed by atoms with Crippen molar-refractivity contribution in [2.24, 2.45) is 0 Å². The van der Waals surface area contributed by atoms with Gasteiger partial charge in [0.1, 0.15) is 0 Å². The Morgan fingerprint density at radius 2 is 2.05 bits per heavy atom. The summed E-state index contributed by atoms with van der Waals surface area (Å²) in [7, 11) is 1.88. The Balaban J connectivity index is 1.69. The fourth-order valence-corrected chi connectivity index (χ4v) is 3.16. The molecule has 2 aromatic rings. The number of rotatable bonds is 4. The summed E-state index contributed by atoms with van der Waals surface area (Å²) in [6, 6.07) is 10.2. The van der Waals surface area contributed by atoms with E-state index in [0.717, 1.165) is 29.6 Å². The average Bonchev–Trinajstić information content (AvgIpc) is 3.07. The number of likely N-dealkylation sites (N-methyl/N-ethyl adjacent to an activating group) is 1. The van der Waals surface area contributed by atoms with Gasteiger partial charge in [-0.1, -0.05) is 18.2 Å². The zero-order valence-electron chi connectivity index (χ0n) is 13.3. The highest BCUT2D eigenvalue weighted by Crippen LogP contribution is 2.16. The van der Waals surface area contributed by atoms with Gasteiger partial charge in [-0.25, -0.2) is 0 Å². The second-order valence-corrected chi connectivity index (χ2v) is 6.15. The standard InChI is InChI=1S/C18H23N3O/c1-14(21-9-5-6-10-21)18(22)20(2)13-15-11-16-7-3-4-8-17(16)19-12-15/h3-4,7-8,11-12,14H,5-6,9-10,13H2,1-2H3/t14-/m0/s1. The number of pyridine rings is 1. The minimum absolute atomic E-state index is 0.0269. The lowest BCUT2D eigenvalue weighted by atomic mass is 10.1. The third kappa shape index (κ3) is 3.12. The van der Waals surface area contributed by atoms with Crippen molar-refractivity contribution in [1.29, 1.82) is 0 Å². The monoisotopic (exact) mass is 297 g/mol. The molecule has 1 saturated heterocycles. The summed E-state index contributed by atoms with van der Waals surface area (Å²) in [4.78, 5) is 21.1. The highest BCUT2D eigenvalue weighted by atomic mass is 16.2. The van der Waals surface area contributed by atoms with Crippen molar-refractivity contribution >= 4 is 16.8 Å². The van der Waals surface area contributed by atoms with E-state index in [1.54, 1.807) is 0 Å². The normalized spacial score (nSPS) is 16.8. The summed E-state index contributed by atoms with van der Waals surface area (Å²) in [5.74, 6) is 0.190. The molecule has 4 nitrogen and oxygen atoms in total. The maximum Gasteiger partial charge on any atom is 0.239 e. The number of benzene rings is 1. The van der Waals surface area contributed by atoms with Crippen LogP contribution in [0.15, 0.2) is 36.5 Å². The maximum atomic E-state index is 12.6. The number of nitrogens with zero attached hydrogens (tertiary/aromatic N) is 3. The van der Waals surface area contributed by atoms with Crippen molar-refractivity contribution in [3.05, 3.63) is 42.1 Å². The van der Waals surface area contributed by atoms with Gasteiger partial charge in [-0.15, -0.1) is 0 Å². The molecule has 0 unspecified atom stereocenters. The van der Waals surface area contributed by atoms with E-state index in [1.165, 1.54) is 12.8 Å². The van der Waals surface area contributed by atoms with E-state index in [0.29, 0.717) is 6.54 Å². The molecule has 1 aromatic carbocycles. The molecule has 0 N–H and O–H groups in total. The van der Waals surface area contributed by atoms with E-state index in [4.69, 9.17) is 0 Å². The molecular weight excluding hydrogens is 274 g/mol. The fraction of sp³-hybridized carbons (Fsp3) is 0.444. The third-order valence-corrected chi connectivity index (χ3v) is 4.49. The number of fused-ring (bicyclic) bond motifs is 1. The Kier molecular flexibility index (Phi) is 4.39. The smallest absolute Gasteiger partial charge is 0.239 e. The number of para-hydroxylation sites is 1. The number of carbonyl (C=O) groups excluding carboxylic acids is 1. The second-order valence-electron chi connectivity index (χ2n) is 6.15.